The molecule has 0 amide bonds. The normalized spacial score (nSPS) is 12.9. The van der Waals surface area contributed by atoms with E-state index >= 15 is 0 Å². The van der Waals surface area contributed by atoms with Crippen molar-refractivity contribution < 1.29 is 40.6 Å². The number of hydrogen-bond acceptors (Lipinski definition) is 5. The minimum absolute atomic E-state index is 0.0365. The predicted octanol–water partition coefficient (Wildman–Crippen LogP) is 7.02. The predicted molar refractivity (Wildman–Crippen MR) is 108 cm³/mol. The average molecular weight is 534 g/mol. The molecular weight excluding hydrogens is 526 g/mol. The Labute approximate surface area is 194 Å². The number of hydrogen-bond donors (Lipinski definition) is 3. The summed E-state index contributed by atoms with van der Waals surface area (Å²) in [6.45, 7) is 0. The van der Waals surface area contributed by atoms with Crippen LogP contribution in [0, 0.1) is 16.7 Å². The van der Waals surface area contributed by atoms with Gasteiger partial charge in [-0.05, 0) is 18.2 Å². The van der Waals surface area contributed by atoms with Crippen LogP contribution < -0.4 is 5.32 Å². The number of allylic oxidation sites excluding steroid dienone is 1. The van der Waals surface area contributed by atoms with Gasteiger partial charge in [-0.25, -0.2) is 9.18 Å². The second-order valence-electron chi connectivity index (χ2n) is 6.13. The van der Waals surface area contributed by atoms with E-state index in [-0.39, 0.29) is 33.0 Å². The van der Waals surface area contributed by atoms with Crippen LogP contribution in [0.3, 0.4) is 0 Å². The summed E-state index contributed by atoms with van der Waals surface area (Å²) in [4.78, 5) is 11.1. The number of nitrogens with zero attached hydrogens (tertiary/aromatic N) is 1. The third-order valence-corrected chi connectivity index (χ3v) is 5.78. The van der Waals surface area contributed by atoms with Crippen molar-refractivity contribution in [3.05, 3.63) is 55.3 Å². The van der Waals surface area contributed by atoms with Gasteiger partial charge in [0.2, 0.25) is 0 Å². The summed E-state index contributed by atoms with van der Waals surface area (Å²) < 4.78 is 92.0. The molecule has 1 aromatic carbocycles. The molecule has 0 radical (unpaired) electrons. The van der Waals surface area contributed by atoms with Crippen molar-refractivity contribution in [2.45, 2.75) is 18.0 Å². The maximum absolute atomic E-state index is 14.3. The summed E-state index contributed by atoms with van der Waals surface area (Å²) in [5.74, 6) is -1.41. The Morgan fingerprint density at radius 3 is 1.97 bits per heavy atom. The lowest BCUT2D eigenvalue weighted by Crippen LogP contribution is -2.50. The number of nitrogens with one attached hydrogen (secondary N) is 2. The molecule has 0 saturated heterocycles. The van der Waals surface area contributed by atoms with Gasteiger partial charge in [0.05, 0.1) is 21.3 Å². The summed E-state index contributed by atoms with van der Waals surface area (Å²) >= 11 is 12.2. The number of carboxylic acids is 1. The van der Waals surface area contributed by atoms with Gasteiger partial charge in [-0.1, -0.05) is 23.2 Å². The number of carbonyl (C=O) groups is 1. The largest absolute Gasteiger partial charge is 0.478 e. The molecule has 0 fully saturated rings. The van der Waals surface area contributed by atoms with Gasteiger partial charge in [0.25, 0.3) is 0 Å². The van der Waals surface area contributed by atoms with Crippen molar-refractivity contribution in [3.8, 4) is 6.07 Å². The van der Waals surface area contributed by atoms with Crippen molar-refractivity contribution in [2.24, 2.45) is 0 Å². The zero-order chi connectivity index (χ0) is 25.4. The third-order valence-electron chi connectivity index (χ3n) is 4.10. The molecule has 33 heavy (non-hydrogen) atoms. The first-order valence-electron chi connectivity index (χ1n) is 8.15. The minimum atomic E-state index is -6.36. The summed E-state index contributed by atoms with van der Waals surface area (Å²) in [7, 11) is 0. The molecule has 15 heteroatoms. The molecule has 5 nitrogen and oxygen atoms in total. The molecule has 2 aromatic rings. The van der Waals surface area contributed by atoms with Gasteiger partial charge in [-0.2, -0.15) is 31.6 Å². The highest BCUT2D eigenvalue weighted by Crippen LogP contribution is 2.54. The second kappa shape index (κ2) is 9.20. The van der Waals surface area contributed by atoms with Crippen molar-refractivity contribution in [1.82, 2.24) is 0 Å². The van der Waals surface area contributed by atoms with Crippen molar-refractivity contribution in [1.29, 1.82) is 10.7 Å². The summed E-state index contributed by atoms with van der Waals surface area (Å²) in [6.07, 6.45) is -11.0. The Bertz CT molecular complexity index is 1150. The van der Waals surface area contributed by atoms with Gasteiger partial charge < -0.3 is 15.8 Å². The zero-order valence-corrected chi connectivity index (χ0v) is 17.8. The number of anilines is 1. The van der Waals surface area contributed by atoms with Crippen LogP contribution in [0.4, 0.5) is 36.4 Å². The second-order valence-corrected chi connectivity index (χ2v) is 7.99. The molecule has 0 saturated carbocycles. The summed E-state index contributed by atoms with van der Waals surface area (Å²) in [6, 6.07) is 2.96. The topological polar surface area (TPSA) is 97.0 Å². The van der Waals surface area contributed by atoms with E-state index < -0.39 is 45.3 Å². The Balaban J connectivity index is 2.52. The molecule has 2 rings (SSSR count). The Morgan fingerprint density at radius 1 is 1.09 bits per heavy atom. The lowest BCUT2D eigenvalue weighted by molar-refractivity contribution is -0.348. The molecule has 1 aromatic heterocycles. The van der Waals surface area contributed by atoms with E-state index in [0.29, 0.717) is 11.3 Å². The highest BCUT2D eigenvalue weighted by molar-refractivity contribution is 7.14. The maximum Gasteiger partial charge on any atom is 0.435 e. The molecular formula is C18H8Cl2F7N3O2S. The van der Waals surface area contributed by atoms with E-state index in [1.54, 1.807) is 6.07 Å². The Morgan fingerprint density at radius 2 is 1.61 bits per heavy atom. The van der Waals surface area contributed by atoms with Crippen LogP contribution >= 0.6 is 34.5 Å². The molecule has 1 heterocycles. The van der Waals surface area contributed by atoms with Crippen molar-refractivity contribution in [2.75, 3.05) is 5.32 Å². The van der Waals surface area contributed by atoms with E-state index in [4.69, 9.17) is 39.0 Å². The lowest BCUT2D eigenvalue weighted by Gasteiger charge is -2.30. The number of thiophene rings is 1. The van der Waals surface area contributed by atoms with Crippen LogP contribution in [-0.2, 0) is 5.67 Å². The highest BCUT2D eigenvalue weighted by Gasteiger charge is 2.73. The van der Waals surface area contributed by atoms with E-state index in [2.05, 4.69) is 5.32 Å². The molecule has 3 N–H and O–H groups in total. The Kier molecular flexibility index (Phi) is 7.37. The van der Waals surface area contributed by atoms with E-state index in [9.17, 15) is 35.5 Å². The van der Waals surface area contributed by atoms with Gasteiger partial charge in [-0.15, -0.1) is 11.3 Å². The molecule has 0 aliphatic heterocycles. The van der Waals surface area contributed by atoms with Gasteiger partial charge in [0.15, 0.2) is 0 Å². The van der Waals surface area contributed by atoms with Crippen LogP contribution in [-0.4, -0.2) is 29.6 Å². The van der Waals surface area contributed by atoms with E-state index in [0.717, 1.165) is 18.5 Å². The molecule has 0 bridgehead atoms. The van der Waals surface area contributed by atoms with E-state index in [1.165, 1.54) is 0 Å². The average Bonchev–Trinajstić information content (AvgIpc) is 3.12. The van der Waals surface area contributed by atoms with Crippen LogP contribution in [0.1, 0.15) is 25.7 Å². The molecule has 0 spiro atoms. The third kappa shape index (κ3) is 4.92. The molecule has 0 aliphatic carbocycles. The molecule has 0 atom stereocenters. The SMILES string of the molecule is N#Cc1sc(/C(C=N)=C/Nc2c(Cl)cc(C(F)(C(F)(F)F)C(F)(F)F)cc2Cl)cc1C(=O)O. The van der Waals surface area contributed by atoms with Crippen molar-refractivity contribution >= 4 is 58.0 Å². The number of halogens is 9. The summed E-state index contributed by atoms with van der Waals surface area (Å²) in [5, 5.41) is 26.3. The van der Waals surface area contributed by atoms with Gasteiger partial charge in [0, 0.05) is 28.4 Å². The fourth-order valence-electron chi connectivity index (χ4n) is 2.51. The standard InChI is InChI=1S/C18H8Cl2F7N3O2S/c19-10-1-8(16(21,17(22,23)24)18(25,26)27)2-11(20)14(10)30-6-7(4-28)12-3-9(15(31)32)13(5-29)33-12/h1-4,6,28,30H,(H,31,32)/b7-6+,28-4?. The number of benzene rings is 1. The quantitative estimate of drug-likeness (QED) is 0.274. The van der Waals surface area contributed by atoms with Crippen LogP contribution in [0.5, 0.6) is 0 Å². The number of alkyl halides is 7. The van der Waals surface area contributed by atoms with Crippen LogP contribution in [0.15, 0.2) is 24.4 Å². The molecule has 0 unspecified atom stereocenters. The first-order chi connectivity index (χ1) is 15.1. The fourth-order valence-corrected chi connectivity index (χ4v) is 4.04. The van der Waals surface area contributed by atoms with Gasteiger partial charge in [-0.3, -0.25) is 0 Å². The number of carboxylic acid groups (broad SMARTS) is 1. The maximum atomic E-state index is 14.3. The number of rotatable bonds is 6. The molecule has 176 valence electrons. The fraction of sp³-hybridized carbons (Fsp3) is 0.167. The monoisotopic (exact) mass is 533 g/mol. The first-order valence-corrected chi connectivity index (χ1v) is 9.72. The van der Waals surface area contributed by atoms with Crippen molar-refractivity contribution in [3.63, 3.8) is 0 Å². The number of nitriles is 1. The number of aromatic carboxylic acids is 1. The zero-order valence-electron chi connectivity index (χ0n) is 15.5. The van der Waals surface area contributed by atoms with Gasteiger partial charge >= 0.3 is 24.0 Å². The smallest absolute Gasteiger partial charge is 0.435 e. The summed E-state index contributed by atoms with van der Waals surface area (Å²) in [5.41, 5.74) is -8.42. The minimum Gasteiger partial charge on any atom is -0.478 e. The Hall–Kier alpha value is -2.82. The lowest BCUT2D eigenvalue weighted by atomic mass is 9.94. The van der Waals surface area contributed by atoms with Crippen LogP contribution in [0.2, 0.25) is 10.0 Å². The first kappa shape index (κ1) is 26.4. The molecule has 0 aliphatic rings. The van der Waals surface area contributed by atoms with Gasteiger partial charge in [0.1, 0.15) is 10.9 Å². The van der Waals surface area contributed by atoms with E-state index in [1.807, 2.05) is 0 Å². The van der Waals surface area contributed by atoms with Crippen LogP contribution in [0.25, 0.3) is 5.57 Å². The highest BCUT2D eigenvalue weighted by atomic mass is 35.5.